The molecular weight excluding hydrogens is 302 g/mol. The Kier molecular flexibility index (Phi) is 3.84. The minimum Gasteiger partial charge on any atom is -0.389 e. The van der Waals surface area contributed by atoms with Crippen LogP contribution in [0.2, 0.25) is 0 Å². The topological polar surface area (TPSA) is 110 Å². The summed E-state index contributed by atoms with van der Waals surface area (Å²) in [5, 5.41) is 2.04. The molecule has 7 nitrogen and oxygen atoms in total. The number of sulfonamides is 1. The van der Waals surface area contributed by atoms with Crippen LogP contribution in [-0.2, 0) is 19.6 Å². The van der Waals surface area contributed by atoms with Crippen molar-refractivity contribution in [2.24, 2.45) is 5.73 Å². The minimum absolute atomic E-state index is 0.0644. The van der Waals surface area contributed by atoms with Gasteiger partial charge in [0.2, 0.25) is 21.8 Å². The summed E-state index contributed by atoms with van der Waals surface area (Å²) in [5.74, 6) is -1.31. The summed E-state index contributed by atoms with van der Waals surface area (Å²) in [5.41, 5.74) is 5.85. The molecule has 2 amide bonds. The van der Waals surface area contributed by atoms with E-state index in [1.807, 2.05) is 5.32 Å². The summed E-state index contributed by atoms with van der Waals surface area (Å²) in [4.78, 5) is 22.5. The summed E-state index contributed by atoms with van der Waals surface area (Å²) < 4.78 is 25.5. The first-order chi connectivity index (χ1) is 9.30. The Balaban J connectivity index is 2.39. The maximum absolute atomic E-state index is 12.4. The number of carbonyl (C=O) groups is 2. The van der Waals surface area contributed by atoms with Crippen molar-refractivity contribution < 1.29 is 18.0 Å². The van der Waals surface area contributed by atoms with Gasteiger partial charge in [-0.15, -0.1) is 0 Å². The van der Waals surface area contributed by atoms with Crippen LogP contribution in [0.15, 0.2) is 29.2 Å². The van der Waals surface area contributed by atoms with Crippen LogP contribution < -0.4 is 11.1 Å². The highest BCUT2D eigenvalue weighted by molar-refractivity contribution is 7.89. The molecule has 1 heterocycles. The van der Waals surface area contributed by atoms with Crippen LogP contribution >= 0.6 is 12.2 Å². The highest BCUT2D eigenvalue weighted by Crippen LogP contribution is 2.18. The fourth-order valence-electron chi connectivity index (χ4n) is 1.74. The van der Waals surface area contributed by atoms with Crippen LogP contribution in [0.4, 0.5) is 0 Å². The zero-order valence-electron chi connectivity index (χ0n) is 10.2. The summed E-state index contributed by atoms with van der Waals surface area (Å²) in [6.07, 6.45) is 0. The van der Waals surface area contributed by atoms with Crippen molar-refractivity contribution in [1.29, 1.82) is 0 Å². The van der Waals surface area contributed by atoms with Gasteiger partial charge in [-0.25, -0.2) is 8.42 Å². The number of amides is 2. The lowest BCUT2D eigenvalue weighted by Gasteiger charge is -2.24. The van der Waals surface area contributed by atoms with Crippen molar-refractivity contribution in [3.05, 3.63) is 29.8 Å². The first-order valence-electron chi connectivity index (χ1n) is 5.53. The number of nitrogens with one attached hydrogen (secondary N) is 1. The second-order valence-electron chi connectivity index (χ2n) is 4.14. The zero-order chi connectivity index (χ0) is 14.9. The van der Waals surface area contributed by atoms with Crippen molar-refractivity contribution in [1.82, 2.24) is 9.62 Å². The Hall–Kier alpha value is -1.84. The van der Waals surface area contributed by atoms with Crippen molar-refractivity contribution in [3.8, 4) is 0 Å². The number of hydrogen-bond acceptors (Lipinski definition) is 5. The van der Waals surface area contributed by atoms with E-state index >= 15 is 0 Å². The molecule has 3 N–H and O–H groups in total. The predicted octanol–water partition coefficient (Wildman–Crippen LogP) is -1.03. The van der Waals surface area contributed by atoms with E-state index in [9.17, 15) is 18.0 Å². The van der Waals surface area contributed by atoms with E-state index < -0.39 is 34.9 Å². The molecule has 1 aromatic rings. The zero-order valence-corrected chi connectivity index (χ0v) is 11.8. The molecule has 0 atom stereocenters. The second-order valence-corrected chi connectivity index (χ2v) is 6.51. The highest BCUT2D eigenvalue weighted by atomic mass is 32.2. The smallest absolute Gasteiger partial charge is 0.244 e. The number of rotatable bonds is 3. The summed E-state index contributed by atoms with van der Waals surface area (Å²) in [6.45, 7) is -0.795. The first-order valence-corrected chi connectivity index (χ1v) is 7.38. The number of nitrogens with two attached hydrogens (primary N) is 1. The highest BCUT2D eigenvalue weighted by Gasteiger charge is 2.32. The Morgan fingerprint density at radius 2 is 1.85 bits per heavy atom. The maximum Gasteiger partial charge on any atom is 0.244 e. The van der Waals surface area contributed by atoms with Crippen LogP contribution in [0.25, 0.3) is 0 Å². The number of nitrogens with zero attached hydrogens (tertiary/aromatic N) is 1. The monoisotopic (exact) mass is 313 g/mol. The third kappa shape index (κ3) is 2.84. The van der Waals surface area contributed by atoms with E-state index in [0.29, 0.717) is 5.56 Å². The Morgan fingerprint density at radius 3 is 2.40 bits per heavy atom. The lowest BCUT2D eigenvalue weighted by atomic mass is 10.2. The van der Waals surface area contributed by atoms with Crippen LogP contribution in [0.5, 0.6) is 0 Å². The number of hydrogen-bond donors (Lipinski definition) is 2. The van der Waals surface area contributed by atoms with Crippen LogP contribution in [0.3, 0.4) is 0 Å². The Labute approximate surface area is 120 Å². The molecule has 1 aliphatic rings. The first kappa shape index (κ1) is 14.6. The van der Waals surface area contributed by atoms with Gasteiger partial charge in [-0.3, -0.25) is 14.9 Å². The SMILES string of the molecule is NC(=S)c1cccc(S(=O)(=O)N2CC(=O)NC(=O)C2)c1. The van der Waals surface area contributed by atoms with Gasteiger partial charge in [-0.1, -0.05) is 24.4 Å². The molecule has 0 spiro atoms. The van der Waals surface area contributed by atoms with Crippen LogP contribution in [-0.4, -0.2) is 42.6 Å². The number of imide groups is 1. The Bertz CT molecular complexity index is 683. The van der Waals surface area contributed by atoms with Gasteiger partial charge in [0.1, 0.15) is 4.99 Å². The molecule has 0 saturated carbocycles. The van der Waals surface area contributed by atoms with E-state index in [2.05, 4.69) is 0 Å². The van der Waals surface area contributed by atoms with Crippen molar-refractivity contribution >= 4 is 39.0 Å². The molecule has 1 saturated heterocycles. The van der Waals surface area contributed by atoms with E-state index in [4.69, 9.17) is 18.0 Å². The molecule has 0 aliphatic carbocycles. The number of thiocarbonyl (C=S) groups is 1. The van der Waals surface area contributed by atoms with Crippen molar-refractivity contribution in [3.63, 3.8) is 0 Å². The molecular formula is C11H11N3O4S2. The van der Waals surface area contributed by atoms with Gasteiger partial charge in [0, 0.05) is 5.56 Å². The number of piperazine rings is 1. The van der Waals surface area contributed by atoms with Gasteiger partial charge >= 0.3 is 0 Å². The molecule has 1 fully saturated rings. The van der Waals surface area contributed by atoms with Gasteiger partial charge < -0.3 is 5.73 Å². The standard InChI is InChI=1S/C11H11N3O4S2/c12-11(19)7-2-1-3-8(4-7)20(17,18)14-5-9(15)13-10(16)6-14/h1-4H,5-6H2,(H2,12,19)(H,13,15,16). The molecule has 1 aromatic carbocycles. The molecule has 1 aliphatic heterocycles. The molecule has 106 valence electrons. The number of carbonyl (C=O) groups excluding carboxylic acids is 2. The van der Waals surface area contributed by atoms with Gasteiger partial charge in [0.25, 0.3) is 0 Å². The lowest BCUT2D eigenvalue weighted by Crippen LogP contribution is -2.53. The Morgan fingerprint density at radius 1 is 1.25 bits per heavy atom. The molecule has 20 heavy (non-hydrogen) atoms. The second kappa shape index (κ2) is 5.27. The van der Waals surface area contributed by atoms with Gasteiger partial charge in [0.15, 0.2) is 0 Å². The molecule has 0 radical (unpaired) electrons. The minimum atomic E-state index is -3.95. The molecule has 0 aromatic heterocycles. The third-order valence-corrected chi connectivity index (χ3v) is 4.70. The van der Waals surface area contributed by atoms with Crippen molar-refractivity contribution in [2.75, 3.05) is 13.1 Å². The molecule has 9 heteroatoms. The average molecular weight is 313 g/mol. The van der Waals surface area contributed by atoms with Gasteiger partial charge in [0.05, 0.1) is 18.0 Å². The third-order valence-electron chi connectivity index (χ3n) is 2.68. The van der Waals surface area contributed by atoms with Gasteiger partial charge in [-0.05, 0) is 12.1 Å². The maximum atomic E-state index is 12.4. The largest absolute Gasteiger partial charge is 0.389 e. The average Bonchev–Trinajstić information content (AvgIpc) is 2.37. The van der Waals surface area contributed by atoms with E-state index in [1.165, 1.54) is 18.2 Å². The van der Waals surface area contributed by atoms with E-state index in [-0.39, 0.29) is 9.88 Å². The van der Waals surface area contributed by atoms with E-state index in [1.54, 1.807) is 6.07 Å². The quantitative estimate of drug-likeness (QED) is 0.545. The summed E-state index contributed by atoms with van der Waals surface area (Å²) in [7, 11) is -3.95. The molecule has 0 unspecified atom stereocenters. The fraction of sp³-hybridized carbons (Fsp3) is 0.182. The number of benzene rings is 1. The fourth-order valence-corrected chi connectivity index (χ4v) is 3.27. The van der Waals surface area contributed by atoms with Crippen molar-refractivity contribution in [2.45, 2.75) is 4.90 Å². The molecule has 0 bridgehead atoms. The summed E-state index contributed by atoms with van der Waals surface area (Å²) >= 11 is 4.79. The normalized spacial score (nSPS) is 16.8. The van der Waals surface area contributed by atoms with Crippen LogP contribution in [0, 0.1) is 0 Å². The molecule has 2 rings (SSSR count). The lowest BCUT2D eigenvalue weighted by molar-refractivity contribution is -0.134. The van der Waals surface area contributed by atoms with Crippen LogP contribution in [0.1, 0.15) is 5.56 Å². The predicted molar refractivity (Wildman–Crippen MR) is 74.2 cm³/mol. The summed E-state index contributed by atoms with van der Waals surface area (Å²) in [6, 6.07) is 5.74. The van der Waals surface area contributed by atoms with Gasteiger partial charge in [-0.2, -0.15) is 4.31 Å². The van der Waals surface area contributed by atoms with E-state index in [0.717, 1.165) is 4.31 Å².